The number of carbonyl (C=O) groups excluding carboxylic acids is 1. The van der Waals surface area contributed by atoms with Gasteiger partial charge >= 0.3 is 0 Å². The van der Waals surface area contributed by atoms with Crippen molar-refractivity contribution in [3.8, 4) is 0 Å². The molecule has 0 aromatic rings. The maximum atomic E-state index is 9.95. The lowest BCUT2D eigenvalue weighted by Crippen LogP contribution is -1.69. The van der Waals surface area contributed by atoms with Gasteiger partial charge in [0.1, 0.15) is 6.29 Å². The molecule has 0 aliphatic carbocycles. The molecular weight excluding hydrogens is 196 g/mol. The molecule has 0 aliphatic rings. The van der Waals surface area contributed by atoms with Gasteiger partial charge in [-0.3, -0.25) is 4.79 Å². The molecule has 0 aliphatic heterocycles. The Morgan fingerprint density at radius 1 is 0.812 bits per heavy atom. The molecule has 1 nitrogen and oxygen atoms in total. The number of hydrogen-bond donors (Lipinski definition) is 0. The molecule has 0 saturated carbocycles. The van der Waals surface area contributed by atoms with Crippen LogP contribution in [0.4, 0.5) is 0 Å². The Morgan fingerprint density at radius 2 is 1.56 bits per heavy atom. The van der Waals surface area contributed by atoms with Crippen LogP contribution in [0.25, 0.3) is 0 Å². The smallest absolute Gasteiger partial charge is 0.142 e. The van der Waals surface area contributed by atoms with Crippen LogP contribution in [0.15, 0.2) is 48.6 Å². The summed E-state index contributed by atoms with van der Waals surface area (Å²) < 4.78 is 0. The molecule has 0 heterocycles. The fraction of sp³-hybridized carbons (Fsp3) is 0.400. The highest BCUT2D eigenvalue weighted by atomic mass is 16.1. The highest BCUT2D eigenvalue weighted by Gasteiger charge is 1.79. The summed E-state index contributed by atoms with van der Waals surface area (Å²) in [5.74, 6) is 0. The van der Waals surface area contributed by atoms with Crippen molar-refractivity contribution in [2.75, 3.05) is 0 Å². The molecule has 0 amide bonds. The van der Waals surface area contributed by atoms with E-state index in [1.807, 2.05) is 6.08 Å². The maximum absolute atomic E-state index is 9.95. The van der Waals surface area contributed by atoms with Crippen LogP contribution < -0.4 is 0 Å². The summed E-state index contributed by atoms with van der Waals surface area (Å²) in [5.41, 5.74) is 0. The van der Waals surface area contributed by atoms with Crippen LogP contribution in [0.5, 0.6) is 0 Å². The van der Waals surface area contributed by atoms with Gasteiger partial charge in [-0.05, 0) is 38.2 Å². The molecule has 0 fully saturated rings. The third-order valence-corrected chi connectivity index (χ3v) is 2.02. The molecule has 0 spiro atoms. The lowest BCUT2D eigenvalue weighted by atomic mass is 10.2. The van der Waals surface area contributed by atoms with Crippen LogP contribution in [0.3, 0.4) is 0 Å². The number of hydrogen-bond acceptors (Lipinski definition) is 1. The highest BCUT2D eigenvalue weighted by Crippen LogP contribution is 1.99. The molecule has 0 saturated heterocycles. The molecule has 0 N–H and O–H groups in total. The standard InChI is InChI=1S/C15H22O/c1-2-3-4-5-6-7-8-9-10-11-12-13-14-15-16/h3-4,6-7,11-15H,2,5,8-10H2,1H3. The van der Waals surface area contributed by atoms with Gasteiger partial charge in [-0.15, -0.1) is 0 Å². The predicted octanol–water partition coefficient (Wildman–Crippen LogP) is 4.38. The summed E-state index contributed by atoms with van der Waals surface area (Å²) in [7, 11) is 0. The Bertz CT molecular complexity index is 257. The fourth-order valence-corrected chi connectivity index (χ4v) is 1.19. The van der Waals surface area contributed by atoms with E-state index in [0.29, 0.717) is 0 Å². The predicted molar refractivity (Wildman–Crippen MR) is 71.4 cm³/mol. The van der Waals surface area contributed by atoms with Gasteiger partial charge in [0, 0.05) is 0 Å². The molecule has 0 bridgehead atoms. The minimum atomic E-state index is 0.789. The number of carbonyl (C=O) groups is 1. The summed E-state index contributed by atoms with van der Waals surface area (Å²) in [5, 5.41) is 0. The zero-order chi connectivity index (χ0) is 11.9. The van der Waals surface area contributed by atoms with Crippen LogP contribution >= 0.6 is 0 Å². The van der Waals surface area contributed by atoms with Crippen molar-refractivity contribution in [2.24, 2.45) is 0 Å². The monoisotopic (exact) mass is 218 g/mol. The second-order valence-corrected chi connectivity index (χ2v) is 3.47. The zero-order valence-electron chi connectivity index (χ0n) is 10.1. The van der Waals surface area contributed by atoms with E-state index in [0.717, 1.165) is 32.0 Å². The van der Waals surface area contributed by atoms with E-state index in [1.165, 1.54) is 12.5 Å². The van der Waals surface area contributed by atoms with Gasteiger partial charge in [-0.2, -0.15) is 0 Å². The van der Waals surface area contributed by atoms with Crippen LogP contribution in [-0.4, -0.2) is 6.29 Å². The van der Waals surface area contributed by atoms with Crippen LogP contribution in [0.1, 0.15) is 39.0 Å². The van der Waals surface area contributed by atoms with Gasteiger partial charge in [0.05, 0.1) is 0 Å². The Labute approximate surface area is 99.3 Å². The molecule has 1 heteroatoms. The topological polar surface area (TPSA) is 17.1 Å². The maximum Gasteiger partial charge on any atom is 0.142 e. The first kappa shape index (κ1) is 14.6. The summed E-state index contributed by atoms with van der Waals surface area (Å²) in [6.07, 6.45) is 22.4. The summed E-state index contributed by atoms with van der Waals surface area (Å²) in [6.45, 7) is 2.14. The second-order valence-electron chi connectivity index (χ2n) is 3.47. The number of unbranched alkanes of at least 4 members (excludes halogenated alkanes) is 2. The van der Waals surface area contributed by atoms with E-state index < -0.39 is 0 Å². The average Bonchev–Trinajstić information content (AvgIpc) is 2.31. The van der Waals surface area contributed by atoms with Gasteiger partial charge in [-0.25, -0.2) is 0 Å². The van der Waals surface area contributed by atoms with Gasteiger partial charge in [0.25, 0.3) is 0 Å². The van der Waals surface area contributed by atoms with E-state index in [2.05, 4.69) is 37.3 Å². The van der Waals surface area contributed by atoms with E-state index in [4.69, 9.17) is 0 Å². The first-order valence-electron chi connectivity index (χ1n) is 5.98. The van der Waals surface area contributed by atoms with Crippen LogP contribution in [0.2, 0.25) is 0 Å². The van der Waals surface area contributed by atoms with Crippen molar-refractivity contribution in [1.29, 1.82) is 0 Å². The van der Waals surface area contributed by atoms with Crippen molar-refractivity contribution < 1.29 is 4.79 Å². The average molecular weight is 218 g/mol. The van der Waals surface area contributed by atoms with E-state index in [1.54, 1.807) is 6.08 Å². The highest BCUT2D eigenvalue weighted by molar-refractivity contribution is 5.65. The largest absolute Gasteiger partial charge is 0.299 e. The molecule has 0 unspecified atom stereocenters. The first-order chi connectivity index (χ1) is 7.91. The third kappa shape index (κ3) is 12.6. The van der Waals surface area contributed by atoms with Gasteiger partial charge in [0.2, 0.25) is 0 Å². The third-order valence-electron chi connectivity index (χ3n) is 2.02. The summed E-state index contributed by atoms with van der Waals surface area (Å²) in [4.78, 5) is 9.95. The first-order valence-corrected chi connectivity index (χ1v) is 5.98. The van der Waals surface area contributed by atoms with Crippen molar-refractivity contribution in [2.45, 2.75) is 39.0 Å². The number of rotatable bonds is 9. The van der Waals surface area contributed by atoms with Gasteiger partial charge < -0.3 is 0 Å². The Hall–Kier alpha value is -1.37. The lowest BCUT2D eigenvalue weighted by molar-refractivity contribution is -0.104. The van der Waals surface area contributed by atoms with Gasteiger partial charge in [-0.1, -0.05) is 49.5 Å². The summed E-state index contributed by atoms with van der Waals surface area (Å²) in [6, 6.07) is 0. The molecule has 0 rings (SSSR count). The van der Waals surface area contributed by atoms with Gasteiger partial charge in [0.15, 0.2) is 0 Å². The fourth-order valence-electron chi connectivity index (χ4n) is 1.19. The minimum absolute atomic E-state index is 0.789. The molecule has 16 heavy (non-hydrogen) atoms. The van der Waals surface area contributed by atoms with E-state index >= 15 is 0 Å². The lowest BCUT2D eigenvalue weighted by Gasteiger charge is -1.89. The minimum Gasteiger partial charge on any atom is -0.299 e. The second kappa shape index (κ2) is 13.6. The van der Waals surface area contributed by atoms with Crippen LogP contribution in [0, 0.1) is 0 Å². The molecule has 0 aromatic carbocycles. The number of allylic oxidation sites excluding steroid dienone is 8. The Kier molecular flexibility index (Phi) is 12.5. The quantitative estimate of drug-likeness (QED) is 0.184. The van der Waals surface area contributed by atoms with E-state index in [-0.39, 0.29) is 0 Å². The molecule has 0 radical (unpaired) electrons. The van der Waals surface area contributed by atoms with E-state index in [9.17, 15) is 4.79 Å². The Balaban J connectivity index is 3.32. The normalized spacial score (nSPS) is 12.6. The zero-order valence-corrected chi connectivity index (χ0v) is 10.1. The van der Waals surface area contributed by atoms with Crippen molar-refractivity contribution >= 4 is 6.29 Å². The molecule has 88 valence electrons. The molecule has 0 atom stereocenters. The van der Waals surface area contributed by atoms with Crippen LogP contribution in [-0.2, 0) is 4.79 Å². The Morgan fingerprint density at radius 3 is 2.31 bits per heavy atom. The number of aldehydes is 1. The SMILES string of the molecule is CCC=CCC=CCCCC=CC=CC=O. The van der Waals surface area contributed by atoms with Crippen molar-refractivity contribution in [3.05, 3.63) is 48.6 Å². The summed E-state index contributed by atoms with van der Waals surface area (Å²) >= 11 is 0. The van der Waals surface area contributed by atoms with Crippen molar-refractivity contribution in [1.82, 2.24) is 0 Å². The molecule has 0 aromatic heterocycles. The van der Waals surface area contributed by atoms with Crippen molar-refractivity contribution in [3.63, 3.8) is 0 Å². The molecular formula is C15H22O.